The molecule has 4 nitrogen and oxygen atoms in total. The Balaban J connectivity index is 2.34. The summed E-state index contributed by atoms with van der Waals surface area (Å²) in [7, 11) is 0. The highest BCUT2D eigenvalue weighted by atomic mass is 35.5. The summed E-state index contributed by atoms with van der Waals surface area (Å²) >= 11 is 5.82. The van der Waals surface area contributed by atoms with Gasteiger partial charge in [0.25, 0.3) is 0 Å². The molecule has 0 aromatic carbocycles. The van der Waals surface area contributed by atoms with Gasteiger partial charge in [-0.1, -0.05) is 26.7 Å². The summed E-state index contributed by atoms with van der Waals surface area (Å²) in [5, 5.41) is 0.198. The van der Waals surface area contributed by atoms with Crippen molar-refractivity contribution in [2.24, 2.45) is 5.41 Å². The topological polar surface area (TPSA) is 64.7 Å². The smallest absolute Gasteiger partial charge is 0.227 e. The number of nitrogens with zero attached hydrogens (tertiary/aromatic N) is 3. The summed E-state index contributed by atoms with van der Waals surface area (Å²) in [5.41, 5.74) is 5.83. The Morgan fingerprint density at radius 2 is 2.00 bits per heavy atom. The first kappa shape index (κ1) is 11.6. The van der Waals surface area contributed by atoms with Crippen molar-refractivity contribution in [3.8, 4) is 0 Å². The van der Waals surface area contributed by atoms with Gasteiger partial charge in [-0.2, -0.15) is 9.97 Å². The third kappa shape index (κ3) is 2.26. The molecule has 1 unspecified atom stereocenters. The van der Waals surface area contributed by atoms with Crippen LogP contribution in [0.5, 0.6) is 0 Å². The van der Waals surface area contributed by atoms with Crippen molar-refractivity contribution in [2.45, 2.75) is 45.4 Å². The molecular weight excluding hydrogens is 224 g/mol. The zero-order valence-electron chi connectivity index (χ0n) is 9.70. The minimum absolute atomic E-state index is 0.198. The molecule has 5 heteroatoms. The Morgan fingerprint density at radius 3 is 2.62 bits per heavy atom. The quantitative estimate of drug-likeness (QED) is 0.820. The average molecular weight is 241 g/mol. The number of hydrogen-bond donors (Lipinski definition) is 1. The van der Waals surface area contributed by atoms with E-state index in [2.05, 4.69) is 28.8 Å². The van der Waals surface area contributed by atoms with Gasteiger partial charge in [0.15, 0.2) is 0 Å². The van der Waals surface area contributed by atoms with Crippen LogP contribution in [0.1, 0.15) is 51.3 Å². The predicted molar refractivity (Wildman–Crippen MR) is 64.2 cm³/mol. The van der Waals surface area contributed by atoms with Crippen molar-refractivity contribution in [2.75, 3.05) is 5.73 Å². The molecule has 0 spiro atoms. The number of hydrogen-bond acceptors (Lipinski definition) is 4. The number of aromatic nitrogens is 3. The molecule has 0 aliphatic heterocycles. The fourth-order valence-corrected chi connectivity index (χ4v) is 2.68. The van der Waals surface area contributed by atoms with E-state index in [-0.39, 0.29) is 16.6 Å². The van der Waals surface area contributed by atoms with Crippen molar-refractivity contribution >= 4 is 17.5 Å². The van der Waals surface area contributed by atoms with Crippen molar-refractivity contribution in [1.29, 1.82) is 0 Å². The maximum atomic E-state index is 5.82. The van der Waals surface area contributed by atoms with E-state index >= 15 is 0 Å². The second-order valence-electron chi connectivity index (χ2n) is 5.11. The van der Waals surface area contributed by atoms with E-state index < -0.39 is 0 Å². The van der Waals surface area contributed by atoms with E-state index in [1.807, 2.05) is 0 Å². The van der Waals surface area contributed by atoms with Crippen molar-refractivity contribution < 1.29 is 0 Å². The molecule has 1 aromatic rings. The molecule has 0 bridgehead atoms. The van der Waals surface area contributed by atoms with Crippen LogP contribution < -0.4 is 5.73 Å². The van der Waals surface area contributed by atoms with Gasteiger partial charge in [-0.15, -0.1) is 0 Å². The highest BCUT2D eigenvalue weighted by Gasteiger charge is 2.35. The van der Waals surface area contributed by atoms with Crippen molar-refractivity contribution in [1.82, 2.24) is 15.0 Å². The highest BCUT2D eigenvalue weighted by Crippen LogP contribution is 2.45. The first-order chi connectivity index (χ1) is 7.49. The molecule has 1 fully saturated rings. The number of nitrogen functional groups attached to an aromatic ring is 1. The molecule has 1 saturated carbocycles. The first-order valence-electron chi connectivity index (χ1n) is 5.66. The van der Waals surface area contributed by atoms with Crippen LogP contribution in [0.25, 0.3) is 0 Å². The second-order valence-corrected chi connectivity index (χ2v) is 5.45. The van der Waals surface area contributed by atoms with Crippen LogP contribution in [0.3, 0.4) is 0 Å². The zero-order chi connectivity index (χ0) is 11.8. The molecule has 0 amide bonds. The average Bonchev–Trinajstić information content (AvgIpc) is 2.15. The van der Waals surface area contributed by atoms with Gasteiger partial charge in [-0.05, 0) is 29.9 Å². The lowest BCUT2D eigenvalue weighted by Crippen LogP contribution is -2.28. The Labute approximate surface area is 101 Å². The van der Waals surface area contributed by atoms with Crippen LogP contribution in [-0.2, 0) is 0 Å². The van der Waals surface area contributed by atoms with Gasteiger partial charge < -0.3 is 5.73 Å². The van der Waals surface area contributed by atoms with Gasteiger partial charge in [-0.25, -0.2) is 4.98 Å². The van der Waals surface area contributed by atoms with E-state index in [1.165, 1.54) is 19.3 Å². The summed E-state index contributed by atoms with van der Waals surface area (Å²) in [6.07, 6.45) is 4.79. The monoisotopic (exact) mass is 240 g/mol. The normalized spacial score (nSPS) is 24.3. The lowest BCUT2D eigenvalue weighted by atomic mass is 9.68. The minimum atomic E-state index is 0.198. The van der Waals surface area contributed by atoms with Crippen LogP contribution in [0.2, 0.25) is 5.28 Å². The van der Waals surface area contributed by atoms with Gasteiger partial charge in [0.05, 0.1) is 0 Å². The molecule has 1 atom stereocenters. The maximum Gasteiger partial charge on any atom is 0.227 e. The molecule has 16 heavy (non-hydrogen) atoms. The van der Waals surface area contributed by atoms with Crippen LogP contribution >= 0.6 is 11.6 Å². The van der Waals surface area contributed by atoms with Gasteiger partial charge in [0, 0.05) is 5.92 Å². The zero-order valence-corrected chi connectivity index (χ0v) is 10.5. The summed E-state index contributed by atoms with van der Waals surface area (Å²) in [6.45, 7) is 4.51. The van der Waals surface area contributed by atoms with Crippen LogP contribution in [-0.4, -0.2) is 15.0 Å². The predicted octanol–water partition coefficient (Wildman–Crippen LogP) is 2.79. The lowest BCUT2D eigenvalue weighted by molar-refractivity contribution is 0.192. The first-order valence-corrected chi connectivity index (χ1v) is 6.04. The maximum absolute atomic E-state index is 5.82. The molecule has 0 radical (unpaired) electrons. The Kier molecular flexibility index (Phi) is 3.02. The van der Waals surface area contributed by atoms with E-state index in [0.717, 1.165) is 12.2 Å². The molecule has 1 aliphatic carbocycles. The molecule has 0 saturated heterocycles. The Hall–Kier alpha value is -0.900. The summed E-state index contributed by atoms with van der Waals surface area (Å²) < 4.78 is 0. The Morgan fingerprint density at radius 1 is 1.25 bits per heavy atom. The lowest BCUT2D eigenvalue weighted by Gasteiger charge is -2.37. The van der Waals surface area contributed by atoms with Gasteiger partial charge in [0.2, 0.25) is 11.2 Å². The fourth-order valence-electron chi connectivity index (χ4n) is 2.51. The highest BCUT2D eigenvalue weighted by molar-refractivity contribution is 6.28. The van der Waals surface area contributed by atoms with E-state index in [4.69, 9.17) is 17.3 Å². The molecule has 2 N–H and O–H groups in total. The molecule has 1 heterocycles. The molecule has 88 valence electrons. The molecule has 2 rings (SSSR count). The van der Waals surface area contributed by atoms with E-state index in [1.54, 1.807) is 0 Å². The van der Waals surface area contributed by atoms with Gasteiger partial charge >= 0.3 is 0 Å². The number of nitrogens with two attached hydrogens (primary N) is 1. The fraction of sp³-hybridized carbons (Fsp3) is 0.727. The largest absolute Gasteiger partial charge is 0.368 e. The summed E-state index contributed by atoms with van der Waals surface area (Å²) in [4.78, 5) is 12.2. The van der Waals surface area contributed by atoms with Gasteiger partial charge in [0.1, 0.15) is 5.82 Å². The molecule has 1 aliphatic rings. The number of halogens is 1. The van der Waals surface area contributed by atoms with E-state index in [9.17, 15) is 0 Å². The van der Waals surface area contributed by atoms with Crippen LogP contribution in [0.4, 0.5) is 5.95 Å². The second kappa shape index (κ2) is 4.17. The van der Waals surface area contributed by atoms with Gasteiger partial charge in [-0.3, -0.25) is 0 Å². The van der Waals surface area contributed by atoms with Crippen LogP contribution in [0, 0.1) is 5.41 Å². The van der Waals surface area contributed by atoms with Crippen molar-refractivity contribution in [3.05, 3.63) is 11.1 Å². The number of anilines is 1. The molecule has 1 aromatic heterocycles. The standard InChI is InChI=1S/C11H17ClN4/c1-11(2)6-4-3-5-7(11)8-14-9(12)16-10(13)15-8/h7H,3-6H2,1-2H3,(H2,13,14,15,16). The van der Waals surface area contributed by atoms with E-state index in [0.29, 0.717) is 5.92 Å². The molecular formula is C11H17ClN4. The van der Waals surface area contributed by atoms with Crippen molar-refractivity contribution in [3.63, 3.8) is 0 Å². The SMILES string of the molecule is CC1(C)CCCCC1c1nc(N)nc(Cl)n1. The minimum Gasteiger partial charge on any atom is -0.368 e. The summed E-state index contributed by atoms with van der Waals surface area (Å²) in [5.74, 6) is 1.31. The third-order valence-corrected chi connectivity index (χ3v) is 3.63. The van der Waals surface area contributed by atoms with Crippen LogP contribution in [0.15, 0.2) is 0 Å². The Bertz CT molecular complexity index is 371. The summed E-state index contributed by atoms with van der Waals surface area (Å²) in [6, 6.07) is 0. The third-order valence-electron chi connectivity index (χ3n) is 3.46. The number of rotatable bonds is 1.